The van der Waals surface area contributed by atoms with Crippen LogP contribution in [0.3, 0.4) is 0 Å². The van der Waals surface area contributed by atoms with E-state index in [-0.39, 0.29) is 18.5 Å². The Morgan fingerprint density at radius 3 is 2.87 bits per heavy atom. The molecule has 124 valence electrons. The summed E-state index contributed by atoms with van der Waals surface area (Å²) in [5.74, 6) is -0.295. The molecule has 1 saturated heterocycles. The van der Waals surface area contributed by atoms with E-state index >= 15 is 0 Å². The fraction of sp³-hybridized carbons (Fsp3) is 0.471. The van der Waals surface area contributed by atoms with E-state index in [0.29, 0.717) is 25.4 Å². The molecule has 2 heterocycles. The second-order valence-corrected chi connectivity index (χ2v) is 5.80. The van der Waals surface area contributed by atoms with Gasteiger partial charge in [0.15, 0.2) is 0 Å². The highest BCUT2D eigenvalue weighted by atomic mass is 19.1. The molecule has 0 radical (unpaired) electrons. The minimum Gasteiger partial charge on any atom is -0.395 e. The van der Waals surface area contributed by atoms with Crippen LogP contribution in [0.15, 0.2) is 24.3 Å². The first kappa shape index (κ1) is 16.1. The number of aromatic nitrogens is 2. The quantitative estimate of drug-likeness (QED) is 0.936. The van der Waals surface area contributed by atoms with E-state index < -0.39 is 0 Å². The van der Waals surface area contributed by atoms with Gasteiger partial charge in [-0.1, -0.05) is 12.1 Å². The normalized spacial score (nSPS) is 19.2. The molecular formula is C17H22FN3O2. The van der Waals surface area contributed by atoms with Crippen molar-refractivity contribution >= 4 is 0 Å². The molecule has 6 heteroatoms. The summed E-state index contributed by atoms with van der Waals surface area (Å²) in [6.07, 6.45) is 0. The summed E-state index contributed by atoms with van der Waals surface area (Å²) in [6.45, 7) is 6.59. The second kappa shape index (κ2) is 6.78. The monoisotopic (exact) mass is 319 g/mol. The molecular weight excluding hydrogens is 297 g/mol. The molecule has 0 amide bonds. The van der Waals surface area contributed by atoms with Crippen molar-refractivity contribution in [3.63, 3.8) is 0 Å². The van der Waals surface area contributed by atoms with Crippen molar-refractivity contribution in [3.05, 3.63) is 47.0 Å². The van der Waals surface area contributed by atoms with Gasteiger partial charge in [0.1, 0.15) is 11.5 Å². The molecule has 0 spiro atoms. The van der Waals surface area contributed by atoms with Crippen LogP contribution in [0.25, 0.3) is 5.69 Å². The Labute approximate surface area is 135 Å². The van der Waals surface area contributed by atoms with Gasteiger partial charge in [-0.15, -0.1) is 0 Å². The summed E-state index contributed by atoms with van der Waals surface area (Å²) in [6, 6.07) is 6.67. The van der Waals surface area contributed by atoms with Gasteiger partial charge in [0.05, 0.1) is 31.6 Å². The number of morpholine rings is 1. The lowest BCUT2D eigenvalue weighted by atomic mass is 10.0. The fourth-order valence-corrected chi connectivity index (χ4v) is 3.30. The molecule has 2 aromatic rings. The highest BCUT2D eigenvalue weighted by Gasteiger charge is 2.29. The fourth-order valence-electron chi connectivity index (χ4n) is 3.30. The molecule has 1 aliphatic rings. The average Bonchev–Trinajstić information content (AvgIpc) is 2.84. The number of hydrogen-bond donors (Lipinski definition) is 1. The van der Waals surface area contributed by atoms with E-state index in [1.165, 1.54) is 6.07 Å². The van der Waals surface area contributed by atoms with Crippen molar-refractivity contribution in [1.29, 1.82) is 0 Å². The van der Waals surface area contributed by atoms with Crippen LogP contribution in [0.5, 0.6) is 0 Å². The second-order valence-electron chi connectivity index (χ2n) is 5.80. The molecule has 0 unspecified atom stereocenters. The first-order valence-electron chi connectivity index (χ1n) is 7.87. The van der Waals surface area contributed by atoms with Crippen molar-refractivity contribution in [3.8, 4) is 5.69 Å². The third-order valence-electron chi connectivity index (χ3n) is 4.39. The molecule has 0 saturated carbocycles. The van der Waals surface area contributed by atoms with Crippen molar-refractivity contribution in [2.45, 2.75) is 19.9 Å². The zero-order valence-corrected chi connectivity index (χ0v) is 13.5. The summed E-state index contributed by atoms with van der Waals surface area (Å²) < 4.78 is 21.4. The van der Waals surface area contributed by atoms with Crippen LogP contribution in [0.2, 0.25) is 0 Å². The lowest BCUT2D eigenvalue weighted by molar-refractivity contribution is -0.0150. The Bertz CT molecular complexity index is 684. The van der Waals surface area contributed by atoms with E-state index in [0.717, 1.165) is 23.5 Å². The Hall–Kier alpha value is -1.76. The summed E-state index contributed by atoms with van der Waals surface area (Å²) in [5, 5.41) is 13.8. The topological polar surface area (TPSA) is 50.5 Å². The Morgan fingerprint density at radius 2 is 2.13 bits per heavy atom. The zero-order valence-electron chi connectivity index (χ0n) is 13.5. The van der Waals surface area contributed by atoms with Gasteiger partial charge in [-0.05, 0) is 26.0 Å². The Balaban J connectivity index is 2.02. The standard InChI is InChI=1S/C17H22FN3O2/c1-12-17(16-11-23-10-8-20(16)7-9-22)13(2)21(19-12)15-6-4-3-5-14(15)18/h3-6,16,22H,7-11H2,1-2H3/t16-/m0/s1. The van der Waals surface area contributed by atoms with Crippen LogP contribution in [-0.2, 0) is 4.74 Å². The van der Waals surface area contributed by atoms with Crippen LogP contribution in [0, 0.1) is 19.7 Å². The lowest BCUT2D eigenvalue weighted by Gasteiger charge is -2.35. The maximum absolute atomic E-state index is 14.1. The van der Waals surface area contributed by atoms with Gasteiger partial charge in [0, 0.05) is 24.3 Å². The molecule has 1 atom stereocenters. The van der Waals surface area contributed by atoms with E-state index in [2.05, 4.69) is 10.00 Å². The lowest BCUT2D eigenvalue weighted by Crippen LogP contribution is -2.41. The van der Waals surface area contributed by atoms with Crippen molar-refractivity contribution < 1.29 is 14.2 Å². The summed E-state index contributed by atoms with van der Waals surface area (Å²) >= 11 is 0. The smallest absolute Gasteiger partial charge is 0.148 e. The van der Waals surface area contributed by atoms with Gasteiger partial charge in [-0.25, -0.2) is 9.07 Å². The van der Waals surface area contributed by atoms with Gasteiger partial charge < -0.3 is 9.84 Å². The van der Waals surface area contributed by atoms with Crippen LogP contribution in [0.1, 0.15) is 23.0 Å². The minimum atomic E-state index is -0.295. The SMILES string of the molecule is Cc1nn(-c2ccccc2F)c(C)c1[C@@H]1COCCN1CCO. The minimum absolute atomic E-state index is 0.0384. The van der Waals surface area contributed by atoms with Gasteiger partial charge in [0.2, 0.25) is 0 Å². The number of benzene rings is 1. The van der Waals surface area contributed by atoms with Crippen molar-refractivity contribution in [2.24, 2.45) is 0 Å². The molecule has 0 bridgehead atoms. The number of aryl methyl sites for hydroxylation is 1. The van der Waals surface area contributed by atoms with Crippen LogP contribution in [-0.4, -0.2) is 52.7 Å². The molecule has 3 rings (SSSR count). The summed E-state index contributed by atoms with van der Waals surface area (Å²) in [5.41, 5.74) is 3.28. The third-order valence-corrected chi connectivity index (χ3v) is 4.39. The number of halogens is 1. The van der Waals surface area contributed by atoms with E-state index in [4.69, 9.17) is 4.74 Å². The predicted octanol–water partition coefficient (Wildman–Crippen LogP) is 1.99. The zero-order chi connectivity index (χ0) is 16.4. The molecule has 1 fully saturated rings. The van der Waals surface area contributed by atoms with Crippen molar-refractivity contribution in [1.82, 2.24) is 14.7 Å². The molecule has 1 aromatic heterocycles. The van der Waals surface area contributed by atoms with Gasteiger partial charge in [-0.3, -0.25) is 4.90 Å². The Morgan fingerprint density at radius 1 is 1.35 bits per heavy atom. The van der Waals surface area contributed by atoms with Crippen LogP contribution < -0.4 is 0 Å². The van der Waals surface area contributed by atoms with Gasteiger partial charge in [-0.2, -0.15) is 5.10 Å². The van der Waals surface area contributed by atoms with Crippen LogP contribution >= 0.6 is 0 Å². The summed E-state index contributed by atoms with van der Waals surface area (Å²) in [4.78, 5) is 2.20. The van der Waals surface area contributed by atoms with E-state index in [1.54, 1.807) is 22.9 Å². The van der Waals surface area contributed by atoms with Crippen molar-refractivity contribution in [2.75, 3.05) is 32.9 Å². The number of ether oxygens (including phenoxy) is 1. The first-order valence-corrected chi connectivity index (χ1v) is 7.87. The van der Waals surface area contributed by atoms with E-state index in [9.17, 15) is 9.50 Å². The maximum atomic E-state index is 14.1. The molecule has 1 N–H and O–H groups in total. The number of nitrogens with zero attached hydrogens (tertiary/aromatic N) is 3. The number of rotatable bonds is 4. The van der Waals surface area contributed by atoms with Gasteiger partial charge >= 0.3 is 0 Å². The van der Waals surface area contributed by atoms with Gasteiger partial charge in [0.25, 0.3) is 0 Å². The third kappa shape index (κ3) is 3.02. The molecule has 0 aliphatic carbocycles. The Kier molecular flexibility index (Phi) is 4.75. The molecule has 1 aromatic carbocycles. The number of hydrogen-bond acceptors (Lipinski definition) is 4. The number of β-amino-alcohol motifs (C(OH)–C–C–N with tert-alkyl or cyclic N) is 1. The molecule has 1 aliphatic heterocycles. The number of aliphatic hydroxyl groups is 1. The highest BCUT2D eigenvalue weighted by molar-refractivity contribution is 5.39. The van der Waals surface area contributed by atoms with Crippen LogP contribution in [0.4, 0.5) is 4.39 Å². The van der Waals surface area contributed by atoms with E-state index in [1.807, 2.05) is 13.8 Å². The summed E-state index contributed by atoms with van der Waals surface area (Å²) in [7, 11) is 0. The highest BCUT2D eigenvalue weighted by Crippen LogP contribution is 2.30. The molecule has 5 nitrogen and oxygen atoms in total. The molecule has 23 heavy (non-hydrogen) atoms. The first-order chi connectivity index (χ1) is 11.1. The predicted molar refractivity (Wildman–Crippen MR) is 85.2 cm³/mol. The average molecular weight is 319 g/mol. The number of para-hydroxylation sites is 1. The number of aliphatic hydroxyl groups excluding tert-OH is 1. The maximum Gasteiger partial charge on any atom is 0.148 e. The largest absolute Gasteiger partial charge is 0.395 e.